The van der Waals surface area contributed by atoms with E-state index in [-0.39, 0.29) is 34.2 Å². The van der Waals surface area contributed by atoms with Crippen LogP contribution in [0.2, 0.25) is 0 Å². The molecule has 1 amide bonds. The van der Waals surface area contributed by atoms with Gasteiger partial charge in [0.1, 0.15) is 0 Å². The molecule has 17 heteroatoms. The lowest BCUT2D eigenvalue weighted by Crippen LogP contribution is -2.35. The van der Waals surface area contributed by atoms with Crippen LogP contribution in [0, 0.1) is 0 Å². The molecule has 4 atom stereocenters. The minimum absolute atomic E-state index is 0.0325. The number of carboxylic acid groups (broad SMARTS) is 1. The lowest BCUT2D eigenvalue weighted by molar-refractivity contribution is 0.0699. The number of benzene rings is 6. The summed E-state index contributed by atoms with van der Waals surface area (Å²) in [6, 6.07) is 49.4. The number of hydrogen-bond acceptors (Lipinski definition) is 11. The fourth-order valence-electron chi connectivity index (χ4n) is 7.37. The van der Waals surface area contributed by atoms with Gasteiger partial charge in [-0.15, -0.1) is 0 Å². The minimum Gasteiger partial charge on any atom is -0.478 e. The van der Waals surface area contributed by atoms with Crippen molar-refractivity contribution in [1.29, 1.82) is 0 Å². The lowest BCUT2D eigenvalue weighted by atomic mass is 9.98. The van der Waals surface area contributed by atoms with Gasteiger partial charge in [0.2, 0.25) is 20.0 Å². The molecule has 0 saturated carbocycles. The molecule has 8 rings (SSSR count). The highest BCUT2D eigenvalue weighted by Gasteiger charge is 2.28. The largest absolute Gasteiger partial charge is 0.478 e. The molecule has 15 nitrogen and oxygen atoms in total. The standard InChI is InChI=1S/C26H25N3O4S.C17H14N2O4S.C9H13NO/c1-17(30)23(18-11-5-3-6-12-18)28-26(31)22-20-15-9-10-16-21(20)27-24(19-13-7-4-8-14-19)25(22)29-34(2,32)33;1-24(22,23)19-16-14(17(20)21)12-9-5-6-10-13(12)18-15(16)11-7-3-2-4-8-11;1-7(11)9(10)8-5-3-2-4-6-8/h3-17,23,29-30H,1-2H3,(H,28,31);2-10,19H,1H3,(H,20,21);2-7,9,11H,10H2,1H3/t17-,23-;;7-,9-/m0.0/s1. The van der Waals surface area contributed by atoms with E-state index in [9.17, 15) is 36.6 Å². The molecule has 8 N–H and O–H groups in total. The zero-order chi connectivity index (χ0) is 49.9. The molecule has 6 aromatic carbocycles. The van der Waals surface area contributed by atoms with E-state index in [0.29, 0.717) is 38.6 Å². The van der Waals surface area contributed by atoms with Gasteiger partial charge < -0.3 is 26.4 Å². The number of aromatic nitrogens is 2. The second kappa shape index (κ2) is 22.5. The minimum atomic E-state index is -3.75. The molecule has 2 aromatic heterocycles. The molecular formula is C52H52N6O9S2. The van der Waals surface area contributed by atoms with Crippen LogP contribution in [0.25, 0.3) is 44.3 Å². The third kappa shape index (κ3) is 13.3. The van der Waals surface area contributed by atoms with Crippen LogP contribution in [-0.4, -0.2) is 78.7 Å². The predicted molar refractivity (Wildman–Crippen MR) is 272 cm³/mol. The van der Waals surface area contributed by atoms with Crippen molar-refractivity contribution in [3.05, 3.63) is 192 Å². The number of hydrogen-bond donors (Lipinski definition) is 7. The maximum atomic E-state index is 13.8. The highest BCUT2D eigenvalue weighted by molar-refractivity contribution is 7.92. The third-order valence-corrected chi connectivity index (χ3v) is 11.7. The number of aliphatic hydroxyl groups excluding tert-OH is 2. The molecule has 69 heavy (non-hydrogen) atoms. The number of carbonyl (C=O) groups is 2. The molecule has 0 fully saturated rings. The van der Waals surface area contributed by atoms with Gasteiger partial charge in [-0.3, -0.25) is 14.2 Å². The first-order valence-corrected chi connectivity index (χ1v) is 25.3. The van der Waals surface area contributed by atoms with Crippen LogP contribution in [-0.2, 0) is 20.0 Å². The molecule has 0 aliphatic heterocycles. The number of carboxylic acids is 1. The van der Waals surface area contributed by atoms with E-state index < -0.39 is 50.2 Å². The molecule has 0 radical (unpaired) electrons. The second-order valence-corrected chi connectivity index (χ2v) is 19.5. The summed E-state index contributed by atoms with van der Waals surface area (Å²) in [6.07, 6.45) is 0.626. The summed E-state index contributed by atoms with van der Waals surface area (Å²) in [7, 11) is -7.43. The fourth-order valence-corrected chi connectivity index (χ4v) is 8.51. The Kier molecular flexibility index (Phi) is 16.6. The highest BCUT2D eigenvalue weighted by atomic mass is 32.2. The Morgan fingerprint density at radius 1 is 0.522 bits per heavy atom. The van der Waals surface area contributed by atoms with Crippen LogP contribution in [0.5, 0.6) is 0 Å². The Hall–Kier alpha value is -7.54. The zero-order valence-electron chi connectivity index (χ0n) is 38.1. The monoisotopic (exact) mass is 968 g/mol. The second-order valence-electron chi connectivity index (χ2n) is 16.0. The number of anilines is 2. The summed E-state index contributed by atoms with van der Waals surface area (Å²) >= 11 is 0. The third-order valence-electron chi connectivity index (χ3n) is 10.5. The smallest absolute Gasteiger partial charge is 0.338 e. The molecule has 0 aliphatic rings. The van der Waals surface area contributed by atoms with Gasteiger partial charge in [-0.2, -0.15) is 0 Å². The van der Waals surface area contributed by atoms with Gasteiger partial charge in [-0.25, -0.2) is 31.6 Å². The first-order chi connectivity index (χ1) is 32.8. The van der Waals surface area contributed by atoms with Gasteiger partial charge in [0, 0.05) is 21.9 Å². The molecule has 8 aromatic rings. The average Bonchev–Trinajstić information content (AvgIpc) is 3.32. The first-order valence-electron chi connectivity index (χ1n) is 21.5. The number of nitrogens with zero attached hydrogens (tertiary/aromatic N) is 2. The van der Waals surface area contributed by atoms with Crippen molar-refractivity contribution in [3.63, 3.8) is 0 Å². The predicted octanol–water partition coefficient (Wildman–Crippen LogP) is 8.16. The molecule has 356 valence electrons. The summed E-state index contributed by atoms with van der Waals surface area (Å²) in [5, 5.41) is 33.0. The molecule has 0 saturated heterocycles. The SMILES string of the molecule is CS(=O)(=O)Nc1c(-c2ccccc2)nc2ccccc2c1C(=O)O.C[C@H](O)[C@H](N)c1ccccc1.C[C@H](O)[C@H](NC(=O)c1c(NS(C)(=O)=O)c(-c2ccccc2)nc2ccccc12)c1ccccc1. The van der Waals surface area contributed by atoms with Crippen molar-refractivity contribution < 1.29 is 41.7 Å². The van der Waals surface area contributed by atoms with Crippen molar-refractivity contribution in [2.45, 2.75) is 38.1 Å². The molecule has 0 spiro atoms. The summed E-state index contributed by atoms with van der Waals surface area (Å²) in [4.78, 5) is 34.8. The van der Waals surface area contributed by atoms with E-state index in [4.69, 9.17) is 10.8 Å². The summed E-state index contributed by atoms with van der Waals surface area (Å²) in [5.41, 5.74) is 10.4. The number of aliphatic hydroxyl groups is 2. The van der Waals surface area contributed by atoms with Crippen molar-refractivity contribution >= 4 is 65.1 Å². The number of rotatable bonds is 13. The molecule has 0 bridgehead atoms. The number of fused-ring (bicyclic) bond motifs is 2. The van der Waals surface area contributed by atoms with E-state index in [1.54, 1.807) is 98.8 Å². The summed E-state index contributed by atoms with van der Waals surface area (Å²) < 4.78 is 53.0. The van der Waals surface area contributed by atoms with Crippen molar-refractivity contribution in [3.8, 4) is 22.5 Å². The maximum absolute atomic E-state index is 13.8. The number of sulfonamides is 2. The van der Waals surface area contributed by atoms with E-state index in [2.05, 4.69) is 24.7 Å². The quantitative estimate of drug-likeness (QED) is 0.0578. The van der Waals surface area contributed by atoms with Gasteiger partial charge in [-0.1, -0.05) is 158 Å². The average molecular weight is 969 g/mol. The summed E-state index contributed by atoms with van der Waals surface area (Å²) in [5.74, 6) is -1.76. The van der Waals surface area contributed by atoms with E-state index in [1.165, 1.54) is 0 Å². The highest BCUT2D eigenvalue weighted by Crippen LogP contribution is 2.37. The zero-order valence-corrected chi connectivity index (χ0v) is 39.7. The van der Waals surface area contributed by atoms with E-state index in [1.807, 2.05) is 84.9 Å². The lowest BCUT2D eigenvalue weighted by Gasteiger charge is -2.24. The first kappa shape index (κ1) is 50.9. The Labute approximate surface area is 400 Å². The molecule has 0 unspecified atom stereocenters. The Bertz CT molecular complexity index is 3270. The maximum Gasteiger partial charge on any atom is 0.338 e. The number of nitrogens with two attached hydrogens (primary N) is 1. The number of aromatic carboxylic acids is 1. The van der Waals surface area contributed by atoms with Crippen LogP contribution in [0.3, 0.4) is 0 Å². The molecule has 2 heterocycles. The van der Waals surface area contributed by atoms with E-state index in [0.717, 1.165) is 23.6 Å². The molecular weight excluding hydrogens is 917 g/mol. The number of carbonyl (C=O) groups excluding carboxylic acids is 1. The fraction of sp³-hybridized carbons (Fsp3) is 0.154. The van der Waals surface area contributed by atoms with Gasteiger partial charge in [0.05, 0.1) is 81.7 Å². The van der Waals surface area contributed by atoms with Crippen LogP contribution in [0.15, 0.2) is 170 Å². The van der Waals surface area contributed by atoms with E-state index >= 15 is 0 Å². The van der Waals surface area contributed by atoms with Gasteiger partial charge in [0.15, 0.2) is 0 Å². The number of nitrogens with one attached hydrogen (secondary N) is 3. The number of pyridine rings is 2. The Morgan fingerprint density at radius 3 is 1.28 bits per heavy atom. The van der Waals surface area contributed by atoms with Gasteiger partial charge >= 0.3 is 5.97 Å². The van der Waals surface area contributed by atoms with Crippen LogP contribution in [0.1, 0.15) is 57.8 Å². The molecule has 0 aliphatic carbocycles. The normalized spacial score (nSPS) is 13.0. The number of amides is 1. The van der Waals surface area contributed by atoms with Crippen LogP contribution >= 0.6 is 0 Å². The van der Waals surface area contributed by atoms with Crippen LogP contribution in [0.4, 0.5) is 11.4 Å². The van der Waals surface area contributed by atoms with Gasteiger partial charge in [0.25, 0.3) is 5.91 Å². The van der Waals surface area contributed by atoms with Crippen molar-refractivity contribution in [2.24, 2.45) is 5.73 Å². The number of para-hydroxylation sites is 2. The topological polar surface area (TPSA) is 251 Å². The van der Waals surface area contributed by atoms with Crippen LogP contribution < -0.4 is 20.5 Å². The van der Waals surface area contributed by atoms with Gasteiger partial charge in [-0.05, 0) is 37.1 Å². The van der Waals surface area contributed by atoms with Crippen molar-refractivity contribution in [2.75, 3.05) is 22.0 Å². The summed E-state index contributed by atoms with van der Waals surface area (Å²) in [6.45, 7) is 3.28. The Morgan fingerprint density at radius 2 is 0.884 bits per heavy atom. The Balaban J connectivity index is 0.000000193. The van der Waals surface area contributed by atoms with Crippen molar-refractivity contribution in [1.82, 2.24) is 15.3 Å².